The minimum atomic E-state index is 0.610. The first-order chi connectivity index (χ1) is 8.20. The first kappa shape index (κ1) is 11.7. The Bertz CT molecular complexity index is 529. The molecular weight excluding hydrogens is 213 g/mol. The van der Waals surface area contributed by atoms with Crippen molar-refractivity contribution < 1.29 is 9.68 Å². The number of rotatable bonds is 3. The van der Waals surface area contributed by atoms with E-state index in [1.165, 1.54) is 0 Å². The van der Waals surface area contributed by atoms with Gasteiger partial charge in [-0.15, -0.1) is 0 Å². The molecule has 17 heavy (non-hydrogen) atoms. The van der Waals surface area contributed by atoms with Gasteiger partial charge < -0.3 is 9.68 Å². The Labute approximate surface area is 101 Å². The lowest BCUT2D eigenvalue weighted by atomic mass is 10.0. The molecule has 1 N–H and O–H groups in total. The summed E-state index contributed by atoms with van der Waals surface area (Å²) in [6, 6.07) is 9.61. The van der Waals surface area contributed by atoms with Crippen LogP contribution in [0.15, 0.2) is 36.5 Å². The van der Waals surface area contributed by atoms with Gasteiger partial charge in [0.2, 0.25) is 0 Å². The van der Waals surface area contributed by atoms with E-state index in [1.807, 2.05) is 44.3 Å². The Morgan fingerprint density at radius 2 is 2.06 bits per heavy atom. The monoisotopic (exact) mass is 226 g/mol. The highest BCUT2D eigenvalue weighted by atomic mass is 16.5. The third-order valence-corrected chi connectivity index (χ3v) is 2.57. The summed E-state index contributed by atoms with van der Waals surface area (Å²) in [5.74, 6) is 0.610. The van der Waals surface area contributed by atoms with Crippen LogP contribution in [0.1, 0.15) is 11.3 Å². The van der Waals surface area contributed by atoms with E-state index < -0.39 is 0 Å². The van der Waals surface area contributed by atoms with Crippen molar-refractivity contribution >= 4 is 7.69 Å². The van der Waals surface area contributed by atoms with Gasteiger partial charge in [0.1, 0.15) is 5.75 Å². The molecular formula is C13H13BNO2. The molecule has 85 valence electrons. The Kier molecular flexibility index (Phi) is 3.45. The molecule has 0 aliphatic rings. The average molecular weight is 226 g/mol. The largest absolute Gasteiger partial charge is 0.569 e. The molecule has 0 saturated heterocycles. The zero-order chi connectivity index (χ0) is 12.3. The first-order valence-electron chi connectivity index (χ1n) is 5.37. The van der Waals surface area contributed by atoms with Crippen molar-refractivity contribution in [1.82, 2.24) is 4.98 Å². The molecule has 0 spiro atoms. The van der Waals surface area contributed by atoms with Gasteiger partial charge >= 0.3 is 7.69 Å². The van der Waals surface area contributed by atoms with Crippen LogP contribution in [0.4, 0.5) is 0 Å². The van der Waals surface area contributed by atoms with Crippen LogP contribution in [-0.4, -0.2) is 17.7 Å². The van der Waals surface area contributed by atoms with Gasteiger partial charge in [0.05, 0.1) is 0 Å². The summed E-state index contributed by atoms with van der Waals surface area (Å²) < 4.78 is 4.95. The molecule has 2 aromatic rings. The van der Waals surface area contributed by atoms with Crippen molar-refractivity contribution in [2.45, 2.75) is 13.8 Å². The predicted octanol–water partition coefficient (Wildman–Crippen LogP) is 2.27. The zero-order valence-corrected chi connectivity index (χ0v) is 9.84. The lowest BCUT2D eigenvalue weighted by Crippen LogP contribution is -1.99. The maximum absolute atomic E-state index is 8.62. The minimum absolute atomic E-state index is 0.610. The highest BCUT2D eigenvalue weighted by molar-refractivity contribution is 6.17. The highest BCUT2D eigenvalue weighted by Crippen LogP contribution is 2.26. The standard InChI is InChI=1S/C13H13BNO2/c1-9-8-15-10(2)6-13(9)11-4-3-5-12(7-11)17-14-16/h3-8,16H,1-2H3. The van der Waals surface area contributed by atoms with Gasteiger partial charge in [-0.25, -0.2) is 0 Å². The highest BCUT2D eigenvalue weighted by Gasteiger charge is 2.04. The molecule has 0 aliphatic heterocycles. The number of benzene rings is 1. The molecule has 1 heterocycles. The predicted molar refractivity (Wildman–Crippen MR) is 67.7 cm³/mol. The molecule has 0 aliphatic carbocycles. The fourth-order valence-electron chi connectivity index (χ4n) is 1.74. The maximum Gasteiger partial charge on any atom is 0.569 e. The van der Waals surface area contributed by atoms with Crippen LogP contribution >= 0.6 is 0 Å². The third-order valence-electron chi connectivity index (χ3n) is 2.57. The van der Waals surface area contributed by atoms with Gasteiger partial charge in [-0.1, -0.05) is 12.1 Å². The van der Waals surface area contributed by atoms with Crippen LogP contribution in [0.25, 0.3) is 11.1 Å². The lowest BCUT2D eigenvalue weighted by Gasteiger charge is -2.08. The number of hydrogen-bond donors (Lipinski definition) is 1. The Balaban J connectivity index is 2.45. The van der Waals surface area contributed by atoms with Crippen LogP contribution in [0.3, 0.4) is 0 Å². The molecule has 2 rings (SSSR count). The van der Waals surface area contributed by atoms with E-state index in [0.29, 0.717) is 13.4 Å². The summed E-state index contributed by atoms with van der Waals surface area (Å²) in [5.41, 5.74) is 4.26. The normalized spacial score (nSPS) is 10.1. The summed E-state index contributed by atoms with van der Waals surface area (Å²) in [4.78, 5) is 4.25. The van der Waals surface area contributed by atoms with E-state index in [-0.39, 0.29) is 0 Å². The van der Waals surface area contributed by atoms with Crippen LogP contribution in [0.5, 0.6) is 5.75 Å². The fourth-order valence-corrected chi connectivity index (χ4v) is 1.74. The molecule has 4 heteroatoms. The second-order valence-corrected chi connectivity index (χ2v) is 3.89. The quantitative estimate of drug-likeness (QED) is 0.816. The number of aryl methyl sites for hydroxylation is 2. The van der Waals surface area contributed by atoms with Crippen LogP contribution in [-0.2, 0) is 0 Å². The topological polar surface area (TPSA) is 42.4 Å². The van der Waals surface area contributed by atoms with Crippen molar-refractivity contribution in [3.8, 4) is 16.9 Å². The van der Waals surface area contributed by atoms with E-state index in [4.69, 9.17) is 9.68 Å². The summed E-state index contributed by atoms with van der Waals surface area (Å²) in [6.07, 6.45) is 1.86. The van der Waals surface area contributed by atoms with Crippen molar-refractivity contribution in [3.05, 3.63) is 47.8 Å². The Morgan fingerprint density at radius 3 is 2.82 bits per heavy atom. The molecule has 0 bridgehead atoms. The lowest BCUT2D eigenvalue weighted by molar-refractivity contribution is 0.454. The van der Waals surface area contributed by atoms with E-state index in [9.17, 15) is 0 Å². The van der Waals surface area contributed by atoms with Crippen molar-refractivity contribution in [2.24, 2.45) is 0 Å². The third kappa shape index (κ3) is 2.66. The van der Waals surface area contributed by atoms with Gasteiger partial charge in [-0.05, 0) is 48.7 Å². The molecule has 1 aromatic heterocycles. The molecule has 1 radical (unpaired) electrons. The number of aromatic nitrogens is 1. The van der Waals surface area contributed by atoms with Gasteiger partial charge in [0.25, 0.3) is 0 Å². The summed E-state index contributed by atoms with van der Waals surface area (Å²) in [7, 11) is 0.684. The first-order valence-corrected chi connectivity index (χ1v) is 5.37. The SMILES string of the molecule is Cc1cc(-c2cccc(O[B]O)c2)c(C)cn1. The van der Waals surface area contributed by atoms with E-state index in [0.717, 1.165) is 22.4 Å². The summed E-state index contributed by atoms with van der Waals surface area (Å²) >= 11 is 0. The summed E-state index contributed by atoms with van der Waals surface area (Å²) in [5, 5.41) is 8.62. The Morgan fingerprint density at radius 1 is 1.24 bits per heavy atom. The van der Waals surface area contributed by atoms with E-state index in [2.05, 4.69) is 4.98 Å². The van der Waals surface area contributed by atoms with E-state index in [1.54, 1.807) is 6.07 Å². The molecule has 1 aromatic carbocycles. The second kappa shape index (κ2) is 5.02. The molecule has 0 amide bonds. The average Bonchev–Trinajstić information content (AvgIpc) is 2.33. The van der Waals surface area contributed by atoms with Gasteiger partial charge in [-0.3, -0.25) is 4.98 Å². The molecule has 0 fully saturated rings. The Hall–Kier alpha value is -1.81. The van der Waals surface area contributed by atoms with Gasteiger partial charge in [0.15, 0.2) is 0 Å². The number of nitrogens with zero attached hydrogens (tertiary/aromatic N) is 1. The van der Waals surface area contributed by atoms with Gasteiger partial charge in [0, 0.05) is 11.9 Å². The fraction of sp³-hybridized carbons (Fsp3) is 0.154. The van der Waals surface area contributed by atoms with Crippen LogP contribution in [0.2, 0.25) is 0 Å². The minimum Gasteiger partial charge on any atom is -0.537 e. The van der Waals surface area contributed by atoms with Gasteiger partial charge in [-0.2, -0.15) is 0 Å². The smallest absolute Gasteiger partial charge is 0.537 e. The van der Waals surface area contributed by atoms with Crippen molar-refractivity contribution in [3.63, 3.8) is 0 Å². The molecule has 0 saturated carbocycles. The van der Waals surface area contributed by atoms with Crippen LogP contribution in [0, 0.1) is 13.8 Å². The molecule has 0 atom stereocenters. The van der Waals surface area contributed by atoms with Crippen molar-refractivity contribution in [1.29, 1.82) is 0 Å². The molecule has 0 unspecified atom stereocenters. The molecule has 3 nitrogen and oxygen atoms in total. The second-order valence-electron chi connectivity index (χ2n) is 3.89. The number of hydrogen-bond acceptors (Lipinski definition) is 3. The summed E-state index contributed by atoms with van der Waals surface area (Å²) in [6.45, 7) is 3.98. The van der Waals surface area contributed by atoms with Crippen LogP contribution < -0.4 is 4.65 Å². The van der Waals surface area contributed by atoms with Crippen molar-refractivity contribution in [2.75, 3.05) is 0 Å². The number of pyridine rings is 1. The van der Waals surface area contributed by atoms with E-state index >= 15 is 0 Å². The maximum atomic E-state index is 8.62. The zero-order valence-electron chi connectivity index (χ0n) is 9.84.